The van der Waals surface area contributed by atoms with Crippen LogP contribution >= 0.6 is 0 Å². The predicted octanol–water partition coefficient (Wildman–Crippen LogP) is 4.71. The van der Waals surface area contributed by atoms with E-state index in [0.29, 0.717) is 0 Å². The topological polar surface area (TPSA) is 6.48 Å². The summed E-state index contributed by atoms with van der Waals surface area (Å²) in [4.78, 5) is 0. The molecule has 0 aliphatic carbocycles. The third-order valence-corrected chi connectivity index (χ3v) is 3.61. The van der Waals surface area contributed by atoms with Gasteiger partial charge >= 0.3 is 0 Å². The molecule has 0 aromatic heterocycles. The summed E-state index contributed by atoms with van der Waals surface area (Å²) in [6.45, 7) is 7.04. The third-order valence-electron chi connectivity index (χ3n) is 3.61. The fourth-order valence-electron chi connectivity index (χ4n) is 2.31. The summed E-state index contributed by atoms with van der Waals surface area (Å²) in [6, 6.07) is 0. The van der Waals surface area contributed by atoms with Crippen molar-refractivity contribution in [2.24, 2.45) is 0 Å². The quantitative estimate of drug-likeness (QED) is 0.348. The molecule has 0 saturated heterocycles. The van der Waals surface area contributed by atoms with Gasteiger partial charge in [-0.1, -0.05) is 65.2 Å². The van der Waals surface area contributed by atoms with Gasteiger partial charge in [-0.15, -0.1) is 0 Å². The van der Waals surface area contributed by atoms with Crippen LogP contribution in [0.3, 0.4) is 0 Å². The molecule has 2 heteroatoms. The van der Waals surface area contributed by atoms with Crippen molar-refractivity contribution in [1.82, 2.24) is 10.0 Å². The molecule has 0 amide bonds. The standard InChI is InChI=1S/C16H36N2/c1-5-7-9-11-13-15-18(17(3)4)16-14-12-10-8-6-2/h5-16H2,1-4H3. The van der Waals surface area contributed by atoms with Crippen LogP contribution in [0, 0.1) is 0 Å². The van der Waals surface area contributed by atoms with E-state index in [0.717, 1.165) is 0 Å². The Morgan fingerprint density at radius 3 is 1.28 bits per heavy atom. The molecule has 0 fully saturated rings. The summed E-state index contributed by atoms with van der Waals surface area (Å²) in [6.07, 6.45) is 13.8. The highest BCUT2D eigenvalue weighted by Crippen LogP contribution is 2.07. The van der Waals surface area contributed by atoms with E-state index in [1.54, 1.807) is 0 Å². The Balaban J connectivity index is 3.53. The van der Waals surface area contributed by atoms with E-state index in [-0.39, 0.29) is 0 Å². The second kappa shape index (κ2) is 13.4. The van der Waals surface area contributed by atoms with Gasteiger partial charge in [-0.2, -0.15) is 0 Å². The van der Waals surface area contributed by atoms with Gasteiger partial charge in [-0.05, 0) is 12.8 Å². The Morgan fingerprint density at radius 2 is 0.944 bits per heavy atom. The Labute approximate surface area is 116 Å². The first kappa shape index (κ1) is 17.9. The molecule has 0 N–H and O–H groups in total. The van der Waals surface area contributed by atoms with Gasteiger partial charge < -0.3 is 0 Å². The number of hydrogen-bond acceptors (Lipinski definition) is 2. The van der Waals surface area contributed by atoms with Crippen LogP contribution in [-0.4, -0.2) is 37.2 Å². The Kier molecular flexibility index (Phi) is 13.3. The van der Waals surface area contributed by atoms with Gasteiger partial charge in [0.1, 0.15) is 0 Å². The Hall–Kier alpha value is -0.0800. The van der Waals surface area contributed by atoms with E-state index >= 15 is 0 Å². The van der Waals surface area contributed by atoms with Crippen LogP contribution in [0.1, 0.15) is 78.1 Å². The van der Waals surface area contributed by atoms with Crippen molar-refractivity contribution >= 4 is 0 Å². The number of hydrazine groups is 1. The van der Waals surface area contributed by atoms with E-state index < -0.39 is 0 Å². The Morgan fingerprint density at radius 1 is 0.556 bits per heavy atom. The highest BCUT2D eigenvalue weighted by Gasteiger charge is 2.06. The highest BCUT2D eigenvalue weighted by atomic mass is 15.6. The molecule has 0 radical (unpaired) electrons. The maximum absolute atomic E-state index is 2.51. The van der Waals surface area contributed by atoms with Crippen molar-refractivity contribution in [2.75, 3.05) is 27.2 Å². The summed E-state index contributed by atoms with van der Waals surface area (Å²) in [5.41, 5.74) is 0. The van der Waals surface area contributed by atoms with Gasteiger partial charge in [0.05, 0.1) is 0 Å². The van der Waals surface area contributed by atoms with Crippen LogP contribution in [0.2, 0.25) is 0 Å². The number of hydrogen-bond donors (Lipinski definition) is 0. The minimum absolute atomic E-state index is 1.24. The van der Waals surface area contributed by atoms with E-state index in [2.05, 4.69) is 38.0 Å². The van der Waals surface area contributed by atoms with Crippen LogP contribution in [0.5, 0.6) is 0 Å². The van der Waals surface area contributed by atoms with E-state index in [9.17, 15) is 0 Å². The second-order valence-corrected chi connectivity index (χ2v) is 5.63. The maximum Gasteiger partial charge on any atom is 0.0133 e. The van der Waals surface area contributed by atoms with Crippen LogP contribution in [0.4, 0.5) is 0 Å². The fourth-order valence-corrected chi connectivity index (χ4v) is 2.31. The van der Waals surface area contributed by atoms with Crippen molar-refractivity contribution in [3.05, 3.63) is 0 Å². The minimum Gasteiger partial charge on any atom is -0.248 e. The summed E-state index contributed by atoms with van der Waals surface area (Å²) in [5.74, 6) is 0. The van der Waals surface area contributed by atoms with Crippen molar-refractivity contribution in [3.8, 4) is 0 Å². The molecule has 0 aliphatic rings. The summed E-state index contributed by atoms with van der Waals surface area (Å²) in [5, 5.41) is 4.79. The van der Waals surface area contributed by atoms with Crippen LogP contribution in [0.15, 0.2) is 0 Å². The van der Waals surface area contributed by atoms with Gasteiger partial charge in [0.2, 0.25) is 0 Å². The lowest BCUT2D eigenvalue weighted by Crippen LogP contribution is -2.38. The molecule has 0 saturated carbocycles. The van der Waals surface area contributed by atoms with Gasteiger partial charge in [0, 0.05) is 27.2 Å². The second-order valence-electron chi connectivity index (χ2n) is 5.63. The molecule has 18 heavy (non-hydrogen) atoms. The summed E-state index contributed by atoms with van der Waals surface area (Å²) < 4.78 is 0. The van der Waals surface area contributed by atoms with Crippen LogP contribution < -0.4 is 0 Å². The van der Waals surface area contributed by atoms with E-state index in [1.165, 1.54) is 77.3 Å². The van der Waals surface area contributed by atoms with Crippen LogP contribution in [0.25, 0.3) is 0 Å². The van der Waals surface area contributed by atoms with E-state index in [1.807, 2.05) is 0 Å². The maximum atomic E-state index is 2.51. The third kappa shape index (κ3) is 11.0. The largest absolute Gasteiger partial charge is 0.248 e. The zero-order valence-corrected chi connectivity index (χ0v) is 13.4. The molecule has 0 aromatic rings. The lowest BCUT2D eigenvalue weighted by molar-refractivity contribution is 0.0216. The molecule has 0 bridgehead atoms. The molecule has 0 heterocycles. The lowest BCUT2D eigenvalue weighted by Gasteiger charge is -2.29. The molecule has 0 rings (SSSR count). The number of rotatable bonds is 13. The Bertz CT molecular complexity index is 143. The van der Waals surface area contributed by atoms with Gasteiger partial charge in [0.25, 0.3) is 0 Å². The molecule has 0 aromatic carbocycles. The minimum atomic E-state index is 1.24. The van der Waals surface area contributed by atoms with Gasteiger partial charge in [-0.3, -0.25) is 0 Å². The zero-order chi connectivity index (χ0) is 13.6. The van der Waals surface area contributed by atoms with Crippen molar-refractivity contribution < 1.29 is 0 Å². The molecular formula is C16H36N2. The molecular weight excluding hydrogens is 220 g/mol. The highest BCUT2D eigenvalue weighted by molar-refractivity contribution is 4.54. The number of nitrogens with zero attached hydrogens (tertiary/aromatic N) is 2. The first-order valence-corrected chi connectivity index (χ1v) is 8.14. The first-order chi connectivity index (χ1) is 8.72. The first-order valence-electron chi connectivity index (χ1n) is 8.14. The van der Waals surface area contributed by atoms with Crippen molar-refractivity contribution in [1.29, 1.82) is 0 Å². The number of unbranched alkanes of at least 4 members (excludes halogenated alkanes) is 8. The average Bonchev–Trinajstić information content (AvgIpc) is 2.35. The molecule has 2 nitrogen and oxygen atoms in total. The molecule has 0 unspecified atom stereocenters. The van der Waals surface area contributed by atoms with Gasteiger partial charge in [0.15, 0.2) is 0 Å². The molecule has 0 aliphatic heterocycles. The smallest absolute Gasteiger partial charge is 0.0133 e. The zero-order valence-electron chi connectivity index (χ0n) is 13.4. The fraction of sp³-hybridized carbons (Fsp3) is 1.00. The van der Waals surface area contributed by atoms with Gasteiger partial charge in [-0.25, -0.2) is 10.0 Å². The lowest BCUT2D eigenvalue weighted by atomic mass is 10.1. The molecule has 0 atom stereocenters. The molecule has 0 spiro atoms. The summed E-state index contributed by atoms with van der Waals surface area (Å²) >= 11 is 0. The monoisotopic (exact) mass is 256 g/mol. The average molecular weight is 256 g/mol. The predicted molar refractivity (Wildman–Crippen MR) is 82.8 cm³/mol. The summed E-state index contributed by atoms with van der Waals surface area (Å²) in [7, 11) is 4.36. The SMILES string of the molecule is CCCCCCCN(CCCCCCC)N(C)C. The van der Waals surface area contributed by atoms with E-state index in [4.69, 9.17) is 0 Å². The molecule has 110 valence electrons. The van der Waals surface area contributed by atoms with Crippen molar-refractivity contribution in [3.63, 3.8) is 0 Å². The normalized spacial score (nSPS) is 11.7. The van der Waals surface area contributed by atoms with Crippen LogP contribution in [-0.2, 0) is 0 Å². The van der Waals surface area contributed by atoms with Crippen molar-refractivity contribution in [2.45, 2.75) is 78.1 Å².